The third kappa shape index (κ3) is 2.20. The third-order valence-electron chi connectivity index (χ3n) is 1.69. The van der Waals surface area contributed by atoms with Gasteiger partial charge in [-0.3, -0.25) is 0 Å². The smallest absolute Gasteiger partial charge is 0.217 e. The maximum atomic E-state index is 5.91. The van der Waals surface area contributed by atoms with Crippen LogP contribution in [-0.4, -0.2) is 12.6 Å². The van der Waals surface area contributed by atoms with Crippen molar-refractivity contribution in [2.75, 3.05) is 0 Å². The van der Waals surface area contributed by atoms with E-state index in [4.69, 9.17) is 26.1 Å². The molecule has 0 aromatic carbocycles. The van der Waals surface area contributed by atoms with Gasteiger partial charge in [0.1, 0.15) is 0 Å². The number of allylic oxidation sites excluding steroid dienone is 1. The zero-order valence-electron chi connectivity index (χ0n) is 7.46. The van der Waals surface area contributed by atoms with Crippen molar-refractivity contribution in [1.29, 1.82) is 0 Å². The van der Waals surface area contributed by atoms with Crippen molar-refractivity contribution >= 4 is 11.6 Å². The molecule has 12 heavy (non-hydrogen) atoms. The van der Waals surface area contributed by atoms with Gasteiger partial charge in [-0.05, 0) is 25.8 Å². The molecule has 4 heteroatoms. The number of hydrogen-bond donors (Lipinski definition) is 0. The minimum atomic E-state index is -0.438. The summed E-state index contributed by atoms with van der Waals surface area (Å²) in [6.45, 7) is 5.62. The molecule has 1 aliphatic rings. The van der Waals surface area contributed by atoms with Crippen LogP contribution in [0.15, 0.2) is 10.6 Å². The molecule has 0 aromatic heterocycles. The molecule has 0 N–H and O–H groups in total. The van der Waals surface area contributed by atoms with Gasteiger partial charge in [0.15, 0.2) is 6.29 Å². The zero-order valence-corrected chi connectivity index (χ0v) is 8.22. The Bertz CT molecular complexity index is 191. The topological polar surface area (TPSA) is 27.7 Å². The lowest BCUT2D eigenvalue weighted by atomic mass is 10.2. The lowest BCUT2D eigenvalue weighted by molar-refractivity contribution is -0.287. The van der Waals surface area contributed by atoms with Crippen molar-refractivity contribution in [2.45, 2.75) is 39.8 Å². The van der Waals surface area contributed by atoms with Gasteiger partial charge in [0.25, 0.3) is 0 Å². The Morgan fingerprint density at radius 3 is 2.50 bits per heavy atom. The molecule has 0 saturated carbocycles. The van der Waals surface area contributed by atoms with Crippen molar-refractivity contribution in [3.05, 3.63) is 10.6 Å². The predicted octanol–water partition coefficient (Wildman–Crippen LogP) is 2.56. The molecule has 0 radical (unpaired) electrons. The van der Waals surface area contributed by atoms with Gasteiger partial charge in [0.05, 0.1) is 0 Å². The van der Waals surface area contributed by atoms with Crippen LogP contribution in [0.1, 0.15) is 27.2 Å². The lowest BCUT2D eigenvalue weighted by Crippen LogP contribution is -2.11. The Kier molecular flexibility index (Phi) is 3.53. The van der Waals surface area contributed by atoms with E-state index in [1.54, 1.807) is 6.92 Å². The number of rotatable bonds is 2. The van der Waals surface area contributed by atoms with Crippen LogP contribution in [0.25, 0.3) is 0 Å². The van der Waals surface area contributed by atoms with Gasteiger partial charge in [-0.2, -0.15) is 4.89 Å². The summed E-state index contributed by atoms with van der Waals surface area (Å²) in [5.74, 6) is 0. The maximum Gasteiger partial charge on any atom is 0.217 e. The summed E-state index contributed by atoms with van der Waals surface area (Å²) in [6, 6.07) is 0. The van der Waals surface area contributed by atoms with E-state index >= 15 is 0 Å². The van der Waals surface area contributed by atoms with Gasteiger partial charge in [0, 0.05) is 5.03 Å². The molecule has 2 atom stereocenters. The Morgan fingerprint density at radius 2 is 2.08 bits per heavy atom. The molecule has 1 fully saturated rings. The van der Waals surface area contributed by atoms with Crippen molar-refractivity contribution in [1.82, 2.24) is 0 Å². The molecule has 3 nitrogen and oxygen atoms in total. The monoisotopic (exact) mass is 192 g/mol. The van der Waals surface area contributed by atoms with Gasteiger partial charge in [-0.15, -0.1) is 0 Å². The van der Waals surface area contributed by atoms with E-state index in [0.29, 0.717) is 0 Å². The van der Waals surface area contributed by atoms with Gasteiger partial charge in [0.2, 0.25) is 6.29 Å². The molecule has 2 unspecified atom stereocenters. The normalized spacial score (nSPS) is 32.0. The van der Waals surface area contributed by atoms with E-state index < -0.39 is 6.29 Å². The predicted molar refractivity (Wildman–Crippen MR) is 45.3 cm³/mol. The number of hydrogen-bond acceptors (Lipinski definition) is 3. The first-order valence-electron chi connectivity index (χ1n) is 3.98. The molecule has 0 spiro atoms. The number of halogens is 1. The third-order valence-corrected chi connectivity index (χ3v) is 2.25. The summed E-state index contributed by atoms with van der Waals surface area (Å²) >= 11 is 5.91. The molecule has 1 aliphatic heterocycles. The standard InChI is InChI=1S/C8H13ClO3/c1-4-7(9)5(2)8-10-6(3)11-12-8/h6,8H,4H2,1-3H3/b7-5+. The second kappa shape index (κ2) is 4.23. The van der Waals surface area contributed by atoms with Crippen LogP contribution in [-0.2, 0) is 14.5 Å². The molecule has 0 aliphatic carbocycles. The van der Waals surface area contributed by atoms with E-state index in [1.807, 2.05) is 13.8 Å². The van der Waals surface area contributed by atoms with Crippen LogP contribution < -0.4 is 0 Å². The lowest BCUT2D eigenvalue weighted by Gasteiger charge is -2.08. The fraction of sp³-hybridized carbons (Fsp3) is 0.750. The van der Waals surface area contributed by atoms with Crippen molar-refractivity contribution in [2.24, 2.45) is 0 Å². The van der Waals surface area contributed by atoms with E-state index in [2.05, 4.69) is 0 Å². The van der Waals surface area contributed by atoms with Crippen LogP contribution in [0.2, 0.25) is 0 Å². The molecule has 70 valence electrons. The second-order valence-corrected chi connectivity index (χ2v) is 3.13. The Morgan fingerprint density at radius 1 is 1.42 bits per heavy atom. The molecular weight excluding hydrogens is 180 g/mol. The quantitative estimate of drug-likeness (QED) is 0.630. The van der Waals surface area contributed by atoms with Crippen molar-refractivity contribution in [3.8, 4) is 0 Å². The highest BCUT2D eigenvalue weighted by Crippen LogP contribution is 2.24. The van der Waals surface area contributed by atoms with Crippen molar-refractivity contribution < 1.29 is 14.5 Å². The van der Waals surface area contributed by atoms with Gasteiger partial charge < -0.3 is 4.74 Å². The second-order valence-electron chi connectivity index (χ2n) is 2.67. The summed E-state index contributed by atoms with van der Waals surface area (Å²) in [7, 11) is 0. The average molecular weight is 193 g/mol. The molecule has 1 rings (SSSR count). The van der Waals surface area contributed by atoms with Crippen LogP contribution in [0.4, 0.5) is 0 Å². The summed E-state index contributed by atoms with van der Waals surface area (Å²) in [4.78, 5) is 9.65. The van der Waals surface area contributed by atoms with Gasteiger partial charge in [-0.25, -0.2) is 4.89 Å². The van der Waals surface area contributed by atoms with Crippen LogP contribution >= 0.6 is 11.6 Å². The van der Waals surface area contributed by atoms with E-state index in [0.717, 1.165) is 17.0 Å². The number of ether oxygens (including phenoxy) is 1. The maximum absolute atomic E-state index is 5.91. The van der Waals surface area contributed by atoms with Crippen LogP contribution in [0.5, 0.6) is 0 Å². The minimum absolute atomic E-state index is 0.314. The molecule has 0 aromatic rings. The van der Waals surface area contributed by atoms with E-state index in [-0.39, 0.29) is 6.29 Å². The Balaban J connectivity index is 2.59. The molecule has 1 saturated heterocycles. The van der Waals surface area contributed by atoms with E-state index in [1.165, 1.54) is 0 Å². The summed E-state index contributed by atoms with van der Waals surface area (Å²) in [5, 5.41) is 0.762. The van der Waals surface area contributed by atoms with E-state index in [9.17, 15) is 0 Å². The van der Waals surface area contributed by atoms with Crippen LogP contribution in [0, 0.1) is 0 Å². The van der Waals surface area contributed by atoms with Crippen LogP contribution in [0.3, 0.4) is 0 Å². The molecular formula is C8H13ClO3. The zero-order chi connectivity index (χ0) is 9.14. The Labute approximate surface area is 77.2 Å². The summed E-state index contributed by atoms with van der Waals surface area (Å²) in [6.07, 6.45) is 0.0315. The van der Waals surface area contributed by atoms with Gasteiger partial charge in [-0.1, -0.05) is 18.5 Å². The first kappa shape index (κ1) is 9.99. The fourth-order valence-corrected chi connectivity index (χ4v) is 1.02. The highest BCUT2D eigenvalue weighted by atomic mass is 35.5. The van der Waals surface area contributed by atoms with Crippen molar-refractivity contribution in [3.63, 3.8) is 0 Å². The van der Waals surface area contributed by atoms with Gasteiger partial charge >= 0.3 is 0 Å². The highest BCUT2D eigenvalue weighted by Gasteiger charge is 2.26. The molecule has 1 heterocycles. The molecule has 0 amide bonds. The average Bonchev–Trinajstić information content (AvgIpc) is 2.49. The fourth-order valence-electron chi connectivity index (χ4n) is 0.929. The first-order chi connectivity index (χ1) is 5.65. The summed E-state index contributed by atoms with van der Waals surface area (Å²) < 4.78 is 5.26. The Hall–Kier alpha value is -0.0900. The highest BCUT2D eigenvalue weighted by molar-refractivity contribution is 6.29. The first-order valence-corrected chi connectivity index (χ1v) is 4.35. The minimum Gasteiger partial charge on any atom is -0.314 e. The molecule has 0 bridgehead atoms. The largest absolute Gasteiger partial charge is 0.314 e. The summed E-state index contributed by atoms with van der Waals surface area (Å²) in [5.41, 5.74) is 0.878. The SMILES string of the molecule is CC/C(Cl)=C(/C)C1OOC(C)O1.